The van der Waals surface area contributed by atoms with Gasteiger partial charge in [-0.25, -0.2) is 18.2 Å². The minimum atomic E-state index is -1.36. The number of hydrogen-bond acceptors (Lipinski definition) is 4. The Morgan fingerprint density at radius 3 is 2.50 bits per heavy atom. The van der Waals surface area contributed by atoms with Crippen LogP contribution in [0.1, 0.15) is 26.4 Å². The van der Waals surface area contributed by atoms with Crippen LogP contribution in [0.3, 0.4) is 0 Å². The van der Waals surface area contributed by atoms with E-state index in [1.165, 1.54) is 18.2 Å². The van der Waals surface area contributed by atoms with Crippen LogP contribution < -0.4 is 5.32 Å². The van der Waals surface area contributed by atoms with E-state index in [4.69, 9.17) is 0 Å². The fraction of sp³-hybridized carbons (Fsp3) is 0. The first kappa shape index (κ1) is 19.3. The van der Waals surface area contributed by atoms with E-state index in [-0.39, 0.29) is 16.9 Å². The first-order valence-corrected chi connectivity index (χ1v) is 8.75. The number of carbonyl (C=O) groups excluding carboxylic acids is 2. The summed E-state index contributed by atoms with van der Waals surface area (Å²) in [6.07, 6.45) is 1.56. The standard InChI is InChI=1S/C22H12F3N3O2/c23-13-4-1-3-12(9-13)22(30)27-14-10-15(20(25)16(24)11-14)21(29)19-7-6-17-18(28-19)5-2-8-26-17/h1-11H,(H,27,30). The van der Waals surface area contributed by atoms with Crippen LogP contribution in [0, 0.1) is 17.5 Å². The number of ketones is 1. The zero-order chi connectivity index (χ0) is 21.3. The molecule has 0 saturated carbocycles. The highest BCUT2D eigenvalue weighted by molar-refractivity contribution is 6.10. The molecule has 0 unspecified atom stereocenters. The number of halogens is 3. The first-order valence-electron chi connectivity index (χ1n) is 8.75. The fourth-order valence-corrected chi connectivity index (χ4v) is 2.88. The predicted octanol–water partition coefficient (Wildman–Crippen LogP) is 4.53. The lowest BCUT2D eigenvalue weighted by Gasteiger charge is -2.10. The molecule has 1 N–H and O–H groups in total. The molecule has 0 spiro atoms. The molecule has 2 aromatic heterocycles. The van der Waals surface area contributed by atoms with E-state index in [0.29, 0.717) is 11.0 Å². The van der Waals surface area contributed by atoms with Crippen LogP contribution in [0.2, 0.25) is 0 Å². The lowest BCUT2D eigenvalue weighted by atomic mass is 10.0. The Balaban J connectivity index is 1.68. The molecule has 8 heteroatoms. The zero-order valence-corrected chi connectivity index (χ0v) is 15.2. The maximum atomic E-state index is 14.3. The summed E-state index contributed by atoms with van der Waals surface area (Å²) < 4.78 is 41.8. The maximum absolute atomic E-state index is 14.3. The summed E-state index contributed by atoms with van der Waals surface area (Å²) in [5.74, 6) is -4.91. The third-order valence-electron chi connectivity index (χ3n) is 4.31. The molecular formula is C22H12F3N3O2. The van der Waals surface area contributed by atoms with Crippen LogP contribution >= 0.6 is 0 Å². The van der Waals surface area contributed by atoms with Crippen molar-refractivity contribution in [2.24, 2.45) is 0 Å². The minimum absolute atomic E-state index is 0.0173. The molecule has 4 aromatic rings. The molecule has 148 valence electrons. The third kappa shape index (κ3) is 3.75. The van der Waals surface area contributed by atoms with Crippen molar-refractivity contribution in [3.05, 3.63) is 101 Å². The van der Waals surface area contributed by atoms with Crippen LogP contribution in [0.5, 0.6) is 0 Å². The molecule has 0 saturated heterocycles. The Morgan fingerprint density at radius 1 is 0.867 bits per heavy atom. The molecular weight excluding hydrogens is 395 g/mol. The number of benzene rings is 2. The number of nitrogens with zero attached hydrogens (tertiary/aromatic N) is 2. The molecule has 0 bridgehead atoms. The second kappa shape index (κ2) is 7.75. The fourth-order valence-electron chi connectivity index (χ4n) is 2.88. The van der Waals surface area contributed by atoms with Gasteiger partial charge in [-0.2, -0.15) is 0 Å². The van der Waals surface area contributed by atoms with Gasteiger partial charge in [0.15, 0.2) is 11.6 Å². The minimum Gasteiger partial charge on any atom is -0.322 e. The van der Waals surface area contributed by atoms with Gasteiger partial charge in [0.05, 0.1) is 16.6 Å². The number of anilines is 1. The predicted molar refractivity (Wildman–Crippen MR) is 104 cm³/mol. The Labute approximate surface area is 168 Å². The lowest BCUT2D eigenvalue weighted by molar-refractivity contribution is 0.101. The van der Waals surface area contributed by atoms with Crippen molar-refractivity contribution < 1.29 is 22.8 Å². The molecule has 0 atom stereocenters. The van der Waals surface area contributed by atoms with Crippen molar-refractivity contribution in [1.29, 1.82) is 0 Å². The van der Waals surface area contributed by atoms with Gasteiger partial charge >= 0.3 is 0 Å². The zero-order valence-electron chi connectivity index (χ0n) is 15.2. The van der Waals surface area contributed by atoms with Gasteiger partial charge in [0.1, 0.15) is 11.5 Å². The van der Waals surface area contributed by atoms with Gasteiger partial charge in [-0.05, 0) is 48.5 Å². The summed E-state index contributed by atoms with van der Waals surface area (Å²) in [5.41, 5.74) is 0.0737. The molecule has 5 nitrogen and oxygen atoms in total. The molecule has 0 aliphatic rings. The van der Waals surface area contributed by atoms with Crippen LogP contribution in [-0.4, -0.2) is 21.7 Å². The van der Waals surface area contributed by atoms with Gasteiger partial charge in [0, 0.05) is 23.5 Å². The Hall–Kier alpha value is -4.07. The van der Waals surface area contributed by atoms with E-state index >= 15 is 0 Å². The Bertz CT molecular complexity index is 1310. The second-order valence-corrected chi connectivity index (χ2v) is 6.35. The number of rotatable bonds is 4. The van der Waals surface area contributed by atoms with Crippen LogP contribution in [0.25, 0.3) is 11.0 Å². The van der Waals surface area contributed by atoms with E-state index in [1.807, 2.05) is 0 Å². The molecule has 2 heterocycles. The molecule has 0 aliphatic heterocycles. The molecule has 4 rings (SSSR count). The average molecular weight is 407 g/mol. The lowest BCUT2D eigenvalue weighted by Crippen LogP contribution is -2.14. The van der Waals surface area contributed by atoms with Crippen molar-refractivity contribution in [3.63, 3.8) is 0 Å². The molecule has 0 aliphatic carbocycles. The van der Waals surface area contributed by atoms with Gasteiger partial charge in [0.25, 0.3) is 5.91 Å². The number of aromatic nitrogens is 2. The van der Waals surface area contributed by atoms with E-state index in [2.05, 4.69) is 15.3 Å². The van der Waals surface area contributed by atoms with Crippen LogP contribution in [-0.2, 0) is 0 Å². The first-order chi connectivity index (χ1) is 14.4. The molecule has 1 amide bonds. The van der Waals surface area contributed by atoms with Crippen molar-refractivity contribution in [2.75, 3.05) is 5.32 Å². The van der Waals surface area contributed by atoms with Crippen molar-refractivity contribution in [1.82, 2.24) is 9.97 Å². The number of carbonyl (C=O) groups is 2. The number of pyridine rings is 2. The van der Waals surface area contributed by atoms with Gasteiger partial charge in [0.2, 0.25) is 5.78 Å². The number of amides is 1. The van der Waals surface area contributed by atoms with Crippen LogP contribution in [0.4, 0.5) is 18.9 Å². The molecule has 2 aromatic carbocycles. The Morgan fingerprint density at radius 2 is 1.70 bits per heavy atom. The Kier molecular flexibility index (Phi) is 4.97. The summed E-state index contributed by atoms with van der Waals surface area (Å²) >= 11 is 0. The van der Waals surface area contributed by atoms with E-state index in [1.54, 1.807) is 24.4 Å². The maximum Gasteiger partial charge on any atom is 0.255 e. The van der Waals surface area contributed by atoms with Gasteiger partial charge in [-0.15, -0.1) is 0 Å². The summed E-state index contributed by atoms with van der Waals surface area (Å²) in [6, 6.07) is 12.8. The normalized spacial score (nSPS) is 10.8. The highest BCUT2D eigenvalue weighted by Crippen LogP contribution is 2.22. The summed E-state index contributed by atoms with van der Waals surface area (Å²) in [7, 11) is 0. The van der Waals surface area contributed by atoms with Gasteiger partial charge in [-0.1, -0.05) is 6.07 Å². The molecule has 0 fully saturated rings. The monoisotopic (exact) mass is 407 g/mol. The quantitative estimate of drug-likeness (QED) is 0.505. The van der Waals surface area contributed by atoms with E-state index in [0.717, 1.165) is 24.3 Å². The van der Waals surface area contributed by atoms with Gasteiger partial charge < -0.3 is 5.32 Å². The number of fused-ring (bicyclic) bond motifs is 1. The molecule has 0 radical (unpaired) electrons. The number of nitrogens with one attached hydrogen (secondary N) is 1. The van der Waals surface area contributed by atoms with Crippen LogP contribution in [0.15, 0.2) is 66.9 Å². The average Bonchev–Trinajstić information content (AvgIpc) is 2.75. The van der Waals surface area contributed by atoms with E-state index < -0.39 is 34.7 Å². The highest BCUT2D eigenvalue weighted by Gasteiger charge is 2.21. The molecule has 30 heavy (non-hydrogen) atoms. The van der Waals surface area contributed by atoms with Crippen molar-refractivity contribution in [3.8, 4) is 0 Å². The van der Waals surface area contributed by atoms with Gasteiger partial charge in [-0.3, -0.25) is 14.6 Å². The van der Waals surface area contributed by atoms with Crippen molar-refractivity contribution in [2.45, 2.75) is 0 Å². The van der Waals surface area contributed by atoms with E-state index in [9.17, 15) is 22.8 Å². The third-order valence-corrected chi connectivity index (χ3v) is 4.31. The summed E-state index contributed by atoms with van der Waals surface area (Å²) in [4.78, 5) is 33.3. The number of hydrogen-bond donors (Lipinski definition) is 1. The largest absolute Gasteiger partial charge is 0.322 e. The highest BCUT2D eigenvalue weighted by atomic mass is 19.2. The summed E-state index contributed by atoms with van der Waals surface area (Å²) in [6.45, 7) is 0. The summed E-state index contributed by atoms with van der Waals surface area (Å²) in [5, 5.41) is 2.33. The van der Waals surface area contributed by atoms with Crippen molar-refractivity contribution >= 4 is 28.4 Å². The SMILES string of the molecule is O=C(Nc1cc(F)c(F)c(C(=O)c2ccc3ncccc3n2)c1)c1cccc(F)c1. The topological polar surface area (TPSA) is 72.0 Å². The second-order valence-electron chi connectivity index (χ2n) is 6.35. The smallest absolute Gasteiger partial charge is 0.255 e.